The highest BCUT2D eigenvalue weighted by Gasteiger charge is 2.22. The monoisotopic (exact) mass is 585 g/mol. The van der Waals surface area contributed by atoms with E-state index in [1.807, 2.05) is 62.7 Å². The predicted octanol–water partition coefficient (Wildman–Crippen LogP) is 4.70. The molecular weight excluding hydrogens is 554 g/mol. The van der Waals surface area contributed by atoms with Crippen LogP contribution in [0.3, 0.4) is 0 Å². The SMILES string of the molecule is COc1cc(Nc2nc(-c3ccc(C(=O)N4CCN(C)CC4)cc3)nc3c2ncn3-c2ccsc2)cc(OC)c1OC. The number of nitrogens with one attached hydrogen (secondary N) is 1. The summed E-state index contributed by atoms with van der Waals surface area (Å²) in [5.41, 5.74) is 4.29. The number of methoxy groups -OCH3 is 3. The summed E-state index contributed by atoms with van der Waals surface area (Å²) >= 11 is 1.60. The van der Waals surface area contributed by atoms with Crippen molar-refractivity contribution in [3.05, 3.63) is 65.1 Å². The quantitative estimate of drug-likeness (QED) is 0.277. The third-order valence-electron chi connectivity index (χ3n) is 7.29. The van der Waals surface area contributed by atoms with Crippen LogP contribution in [0.5, 0.6) is 17.2 Å². The number of hydrogen-bond donors (Lipinski definition) is 1. The van der Waals surface area contributed by atoms with Crippen molar-refractivity contribution >= 4 is 39.9 Å². The van der Waals surface area contributed by atoms with Gasteiger partial charge in [0.2, 0.25) is 5.75 Å². The maximum absolute atomic E-state index is 13.1. The number of ether oxygens (including phenoxy) is 3. The van der Waals surface area contributed by atoms with Gasteiger partial charge in [-0.2, -0.15) is 11.3 Å². The number of piperazine rings is 1. The number of amides is 1. The lowest BCUT2D eigenvalue weighted by molar-refractivity contribution is 0.0664. The molecule has 12 heteroatoms. The van der Waals surface area contributed by atoms with Gasteiger partial charge in [-0.3, -0.25) is 9.36 Å². The number of aromatic nitrogens is 4. The molecule has 0 saturated carbocycles. The van der Waals surface area contributed by atoms with Crippen molar-refractivity contribution < 1.29 is 19.0 Å². The summed E-state index contributed by atoms with van der Waals surface area (Å²) in [5.74, 6) is 2.55. The first kappa shape index (κ1) is 27.5. The fourth-order valence-electron chi connectivity index (χ4n) is 4.94. The molecule has 0 radical (unpaired) electrons. The van der Waals surface area contributed by atoms with Gasteiger partial charge in [-0.25, -0.2) is 15.0 Å². The Morgan fingerprint density at radius 3 is 2.26 bits per heavy atom. The van der Waals surface area contributed by atoms with Crippen molar-refractivity contribution in [3.8, 4) is 34.3 Å². The van der Waals surface area contributed by atoms with Gasteiger partial charge in [0.25, 0.3) is 5.91 Å². The lowest BCUT2D eigenvalue weighted by Gasteiger charge is -2.32. The largest absolute Gasteiger partial charge is 0.493 e. The normalized spacial score (nSPS) is 13.8. The van der Waals surface area contributed by atoms with Gasteiger partial charge in [0.05, 0.1) is 27.0 Å². The number of anilines is 2. The maximum Gasteiger partial charge on any atom is 0.253 e. The summed E-state index contributed by atoms with van der Waals surface area (Å²) in [7, 11) is 6.78. The van der Waals surface area contributed by atoms with E-state index >= 15 is 0 Å². The minimum atomic E-state index is 0.0336. The standard InChI is InChI=1S/C30H31N7O4S/c1-35-10-12-36(13-11-35)30(38)20-7-5-19(6-8-20)27-33-28(25-29(34-27)37(18-31-25)22-9-14-42-17-22)32-21-15-23(39-2)26(41-4)24(16-21)40-3/h5-9,14-18H,10-13H2,1-4H3,(H,32,33,34). The minimum Gasteiger partial charge on any atom is -0.493 e. The molecule has 6 rings (SSSR count). The number of carbonyl (C=O) groups is 1. The second kappa shape index (κ2) is 11.7. The summed E-state index contributed by atoms with van der Waals surface area (Å²) in [6.07, 6.45) is 1.74. The van der Waals surface area contributed by atoms with Crippen molar-refractivity contribution in [2.75, 3.05) is 59.9 Å². The Labute approximate surface area is 247 Å². The second-order valence-corrected chi connectivity index (χ2v) is 10.7. The third-order valence-corrected chi connectivity index (χ3v) is 7.96. The molecule has 216 valence electrons. The number of rotatable bonds is 8. The average Bonchev–Trinajstić information content (AvgIpc) is 3.71. The van der Waals surface area contributed by atoms with E-state index in [2.05, 4.69) is 22.2 Å². The Balaban J connectivity index is 1.40. The smallest absolute Gasteiger partial charge is 0.253 e. The molecule has 1 N–H and O–H groups in total. The minimum absolute atomic E-state index is 0.0336. The summed E-state index contributed by atoms with van der Waals surface area (Å²) in [5, 5.41) is 7.43. The van der Waals surface area contributed by atoms with Gasteiger partial charge in [0.1, 0.15) is 6.33 Å². The van der Waals surface area contributed by atoms with E-state index in [1.165, 1.54) is 0 Å². The molecule has 1 amide bonds. The zero-order chi connectivity index (χ0) is 29.2. The van der Waals surface area contributed by atoms with Gasteiger partial charge < -0.3 is 29.3 Å². The van der Waals surface area contributed by atoms with Gasteiger partial charge in [-0.15, -0.1) is 0 Å². The lowest BCUT2D eigenvalue weighted by atomic mass is 10.1. The van der Waals surface area contributed by atoms with Gasteiger partial charge in [0, 0.05) is 60.5 Å². The molecule has 1 saturated heterocycles. The van der Waals surface area contributed by atoms with Crippen LogP contribution in [-0.2, 0) is 0 Å². The van der Waals surface area contributed by atoms with Gasteiger partial charge >= 0.3 is 0 Å². The van der Waals surface area contributed by atoms with Crippen LogP contribution in [0.2, 0.25) is 0 Å². The molecule has 2 aromatic carbocycles. The van der Waals surface area contributed by atoms with Gasteiger partial charge in [-0.05, 0) is 30.6 Å². The molecule has 11 nitrogen and oxygen atoms in total. The van der Waals surface area contributed by atoms with Crippen LogP contribution >= 0.6 is 11.3 Å². The predicted molar refractivity (Wildman–Crippen MR) is 163 cm³/mol. The molecule has 0 spiro atoms. The first-order valence-electron chi connectivity index (χ1n) is 13.4. The Morgan fingerprint density at radius 2 is 1.64 bits per heavy atom. The first-order valence-corrected chi connectivity index (χ1v) is 14.4. The molecule has 1 aliphatic rings. The number of imidazole rings is 1. The molecule has 3 aromatic heterocycles. The van der Waals surface area contributed by atoms with Crippen LogP contribution in [-0.4, -0.2) is 89.8 Å². The molecule has 4 heterocycles. The topological polar surface area (TPSA) is 107 Å². The Bertz CT molecular complexity index is 1690. The summed E-state index contributed by atoms with van der Waals surface area (Å²) in [4.78, 5) is 31.7. The summed E-state index contributed by atoms with van der Waals surface area (Å²) in [6.45, 7) is 3.19. The van der Waals surface area contributed by atoms with E-state index in [0.717, 1.165) is 37.4 Å². The number of fused-ring (bicyclic) bond motifs is 1. The van der Waals surface area contributed by atoms with E-state index in [4.69, 9.17) is 24.2 Å². The van der Waals surface area contributed by atoms with Crippen LogP contribution in [0.4, 0.5) is 11.5 Å². The van der Waals surface area contributed by atoms with Crippen molar-refractivity contribution in [2.45, 2.75) is 0 Å². The van der Waals surface area contributed by atoms with Crippen LogP contribution in [0.15, 0.2) is 59.6 Å². The van der Waals surface area contributed by atoms with Gasteiger partial charge in [0.15, 0.2) is 34.3 Å². The number of carbonyl (C=O) groups excluding carboxylic acids is 1. The Morgan fingerprint density at radius 1 is 0.929 bits per heavy atom. The zero-order valence-corrected chi connectivity index (χ0v) is 24.6. The van der Waals surface area contributed by atoms with Gasteiger partial charge in [-0.1, -0.05) is 12.1 Å². The fourth-order valence-corrected chi connectivity index (χ4v) is 5.57. The highest BCUT2D eigenvalue weighted by Crippen LogP contribution is 2.41. The van der Waals surface area contributed by atoms with Crippen LogP contribution in [0.1, 0.15) is 10.4 Å². The van der Waals surface area contributed by atoms with E-state index in [1.54, 1.807) is 39.0 Å². The van der Waals surface area contributed by atoms with E-state index in [0.29, 0.717) is 51.3 Å². The highest BCUT2D eigenvalue weighted by atomic mass is 32.1. The van der Waals surface area contributed by atoms with E-state index in [9.17, 15) is 4.79 Å². The summed E-state index contributed by atoms with van der Waals surface area (Å²) < 4.78 is 18.5. The van der Waals surface area contributed by atoms with Crippen molar-refractivity contribution in [1.29, 1.82) is 0 Å². The molecular formula is C30H31N7O4S. The number of benzene rings is 2. The maximum atomic E-state index is 13.1. The van der Waals surface area contributed by atoms with Crippen LogP contribution < -0.4 is 19.5 Å². The average molecular weight is 586 g/mol. The van der Waals surface area contributed by atoms with Crippen LogP contribution in [0.25, 0.3) is 28.2 Å². The molecule has 0 unspecified atom stereocenters. The molecule has 0 aliphatic carbocycles. The number of nitrogens with zero attached hydrogens (tertiary/aromatic N) is 6. The Hall–Kier alpha value is -4.68. The van der Waals surface area contributed by atoms with Crippen molar-refractivity contribution in [3.63, 3.8) is 0 Å². The molecule has 1 aliphatic heterocycles. The second-order valence-electron chi connectivity index (χ2n) is 9.88. The summed E-state index contributed by atoms with van der Waals surface area (Å²) in [6, 6.07) is 13.1. The van der Waals surface area contributed by atoms with Crippen molar-refractivity contribution in [2.24, 2.45) is 0 Å². The zero-order valence-electron chi connectivity index (χ0n) is 23.8. The van der Waals surface area contributed by atoms with E-state index < -0.39 is 0 Å². The van der Waals surface area contributed by atoms with Crippen molar-refractivity contribution in [1.82, 2.24) is 29.3 Å². The molecule has 0 bridgehead atoms. The van der Waals surface area contributed by atoms with E-state index in [-0.39, 0.29) is 5.91 Å². The number of thiophene rings is 1. The third kappa shape index (κ3) is 5.21. The van der Waals surface area contributed by atoms with Crippen LogP contribution in [0, 0.1) is 0 Å². The number of hydrogen-bond acceptors (Lipinski definition) is 10. The highest BCUT2D eigenvalue weighted by molar-refractivity contribution is 7.08. The molecule has 5 aromatic rings. The Kier molecular flexibility index (Phi) is 7.64. The molecule has 0 atom stereocenters. The first-order chi connectivity index (χ1) is 20.5. The number of likely N-dealkylation sites (N-methyl/N-ethyl adjacent to an activating group) is 1. The molecule has 42 heavy (non-hydrogen) atoms. The fraction of sp³-hybridized carbons (Fsp3) is 0.267. The molecule has 1 fully saturated rings. The lowest BCUT2D eigenvalue weighted by Crippen LogP contribution is -2.47.